The largest absolute Gasteiger partial charge is 0.478 e. The van der Waals surface area contributed by atoms with Gasteiger partial charge in [-0.15, -0.1) is 5.10 Å². The lowest BCUT2D eigenvalue weighted by molar-refractivity contribution is 0.0697. The van der Waals surface area contributed by atoms with Crippen LogP contribution in [0.15, 0.2) is 18.2 Å². The Labute approximate surface area is 99.1 Å². The summed E-state index contributed by atoms with van der Waals surface area (Å²) in [5.74, 6) is -0.414. The van der Waals surface area contributed by atoms with Crippen LogP contribution in [-0.2, 0) is 6.54 Å². The fourth-order valence-electron chi connectivity index (χ4n) is 1.66. The molecule has 5 heteroatoms. The molecule has 0 fully saturated rings. The second-order valence-electron chi connectivity index (χ2n) is 4.29. The number of nitrogens with zero attached hydrogens (tertiary/aromatic N) is 3. The van der Waals surface area contributed by atoms with E-state index in [-0.39, 0.29) is 5.56 Å². The van der Waals surface area contributed by atoms with Gasteiger partial charge in [0.1, 0.15) is 5.52 Å². The van der Waals surface area contributed by atoms with E-state index in [9.17, 15) is 4.79 Å². The molecule has 0 aliphatic rings. The molecule has 0 amide bonds. The molecule has 1 N–H and O–H groups in total. The van der Waals surface area contributed by atoms with Gasteiger partial charge in [0.2, 0.25) is 0 Å². The van der Waals surface area contributed by atoms with Crippen LogP contribution in [-0.4, -0.2) is 26.1 Å². The molecule has 2 aromatic rings. The number of benzene rings is 1. The molecule has 1 aromatic carbocycles. The quantitative estimate of drug-likeness (QED) is 0.878. The monoisotopic (exact) mass is 233 g/mol. The number of fused-ring (bicyclic) bond motifs is 1. The highest BCUT2D eigenvalue weighted by Gasteiger charge is 2.10. The highest BCUT2D eigenvalue weighted by molar-refractivity contribution is 5.92. The van der Waals surface area contributed by atoms with E-state index in [1.54, 1.807) is 18.2 Å². The summed E-state index contributed by atoms with van der Waals surface area (Å²) in [5, 5.41) is 16.9. The van der Waals surface area contributed by atoms with Gasteiger partial charge in [0.05, 0.1) is 11.1 Å². The van der Waals surface area contributed by atoms with Crippen molar-refractivity contribution in [2.45, 2.75) is 26.8 Å². The number of aromatic nitrogens is 3. The van der Waals surface area contributed by atoms with Crippen LogP contribution in [0, 0.1) is 5.92 Å². The van der Waals surface area contributed by atoms with Crippen molar-refractivity contribution < 1.29 is 9.90 Å². The molecular formula is C12H15N3O2. The number of aromatic carboxylic acids is 1. The molecule has 0 aliphatic heterocycles. The number of rotatable bonds is 4. The summed E-state index contributed by atoms with van der Waals surface area (Å²) < 4.78 is 1.83. The molecule has 0 spiro atoms. The summed E-state index contributed by atoms with van der Waals surface area (Å²) in [4.78, 5) is 10.8. The molecular weight excluding hydrogens is 218 g/mol. The van der Waals surface area contributed by atoms with E-state index in [2.05, 4.69) is 24.2 Å². The molecule has 0 bridgehead atoms. The van der Waals surface area contributed by atoms with Gasteiger partial charge in [-0.1, -0.05) is 25.5 Å². The predicted molar refractivity (Wildman–Crippen MR) is 63.9 cm³/mol. The Morgan fingerprint density at radius 3 is 2.94 bits per heavy atom. The SMILES string of the molecule is CCC(C)Cn1nnc2cc(C(=O)O)ccc21. The molecule has 1 heterocycles. The standard InChI is InChI=1S/C12H15N3O2/c1-3-8(2)7-15-11-5-4-9(12(16)17)6-10(11)13-14-15/h4-6,8H,3,7H2,1-2H3,(H,16,17). The van der Waals surface area contributed by atoms with Crippen LogP contribution >= 0.6 is 0 Å². The minimum atomic E-state index is -0.941. The predicted octanol–water partition coefficient (Wildman–Crippen LogP) is 2.18. The highest BCUT2D eigenvalue weighted by atomic mass is 16.4. The lowest BCUT2D eigenvalue weighted by Gasteiger charge is -2.08. The zero-order valence-corrected chi connectivity index (χ0v) is 9.92. The van der Waals surface area contributed by atoms with Gasteiger partial charge in [0, 0.05) is 6.54 Å². The molecule has 90 valence electrons. The first-order valence-corrected chi connectivity index (χ1v) is 5.68. The van der Waals surface area contributed by atoms with Gasteiger partial charge in [-0.3, -0.25) is 0 Å². The molecule has 0 saturated heterocycles. The van der Waals surface area contributed by atoms with Crippen molar-refractivity contribution in [1.82, 2.24) is 15.0 Å². The minimum absolute atomic E-state index is 0.244. The van der Waals surface area contributed by atoms with E-state index < -0.39 is 5.97 Å². The average Bonchev–Trinajstić information content (AvgIpc) is 2.71. The van der Waals surface area contributed by atoms with Crippen molar-refractivity contribution in [2.24, 2.45) is 5.92 Å². The van der Waals surface area contributed by atoms with Crippen LogP contribution in [0.1, 0.15) is 30.6 Å². The zero-order valence-electron chi connectivity index (χ0n) is 9.92. The number of carbonyl (C=O) groups is 1. The Bertz CT molecular complexity index is 548. The first kappa shape index (κ1) is 11.6. The van der Waals surface area contributed by atoms with E-state index in [1.165, 1.54) is 0 Å². The number of hydrogen-bond acceptors (Lipinski definition) is 3. The Balaban J connectivity index is 2.38. The van der Waals surface area contributed by atoms with Crippen molar-refractivity contribution in [1.29, 1.82) is 0 Å². The van der Waals surface area contributed by atoms with E-state index in [4.69, 9.17) is 5.11 Å². The van der Waals surface area contributed by atoms with Crippen LogP contribution in [0.3, 0.4) is 0 Å². The maximum absolute atomic E-state index is 10.8. The Morgan fingerprint density at radius 2 is 2.29 bits per heavy atom. The first-order valence-electron chi connectivity index (χ1n) is 5.68. The second kappa shape index (κ2) is 4.53. The maximum atomic E-state index is 10.8. The van der Waals surface area contributed by atoms with Gasteiger partial charge in [0.25, 0.3) is 0 Å². The van der Waals surface area contributed by atoms with Crippen LogP contribution < -0.4 is 0 Å². The van der Waals surface area contributed by atoms with Gasteiger partial charge in [-0.05, 0) is 24.1 Å². The van der Waals surface area contributed by atoms with Crippen molar-refractivity contribution in [3.63, 3.8) is 0 Å². The molecule has 1 atom stereocenters. The average molecular weight is 233 g/mol. The molecule has 0 saturated carbocycles. The fraction of sp³-hybridized carbons (Fsp3) is 0.417. The van der Waals surface area contributed by atoms with Crippen LogP contribution in [0.2, 0.25) is 0 Å². The van der Waals surface area contributed by atoms with Gasteiger partial charge in [0.15, 0.2) is 0 Å². The summed E-state index contributed by atoms with van der Waals surface area (Å²) >= 11 is 0. The van der Waals surface area contributed by atoms with Crippen molar-refractivity contribution in [3.8, 4) is 0 Å². The minimum Gasteiger partial charge on any atom is -0.478 e. The summed E-state index contributed by atoms with van der Waals surface area (Å²) in [6.45, 7) is 5.09. The van der Waals surface area contributed by atoms with Gasteiger partial charge in [-0.25, -0.2) is 9.48 Å². The van der Waals surface area contributed by atoms with E-state index >= 15 is 0 Å². The third-order valence-corrected chi connectivity index (χ3v) is 2.94. The van der Waals surface area contributed by atoms with Crippen molar-refractivity contribution in [2.75, 3.05) is 0 Å². The van der Waals surface area contributed by atoms with E-state index in [0.29, 0.717) is 11.4 Å². The summed E-state index contributed by atoms with van der Waals surface area (Å²) in [5.41, 5.74) is 1.76. The summed E-state index contributed by atoms with van der Waals surface area (Å²) in [6, 6.07) is 4.90. The lowest BCUT2D eigenvalue weighted by atomic mass is 10.1. The lowest BCUT2D eigenvalue weighted by Crippen LogP contribution is -2.08. The van der Waals surface area contributed by atoms with Crippen LogP contribution in [0.5, 0.6) is 0 Å². The topological polar surface area (TPSA) is 68.0 Å². The third-order valence-electron chi connectivity index (χ3n) is 2.94. The molecule has 0 aliphatic carbocycles. The normalized spacial score (nSPS) is 12.8. The Morgan fingerprint density at radius 1 is 1.53 bits per heavy atom. The van der Waals surface area contributed by atoms with Gasteiger partial charge in [-0.2, -0.15) is 0 Å². The highest BCUT2D eigenvalue weighted by Crippen LogP contribution is 2.15. The van der Waals surface area contributed by atoms with Gasteiger partial charge >= 0.3 is 5.97 Å². The number of hydrogen-bond donors (Lipinski definition) is 1. The molecule has 0 radical (unpaired) electrons. The number of carboxylic acids is 1. The van der Waals surface area contributed by atoms with Crippen LogP contribution in [0.25, 0.3) is 11.0 Å². The van der Waals surface area contributed by atoms with E-state index in [1.807, 2.05) is 4.68 Å². The third kappa shape index (κ3) is 2.27. The molecule has 2 rings (SSSR count). The maximum Gasteiger partial charge on any atom is 0.335 e. The summed E-state index contributed by atoms with van der Waals surface area (Å²) in [7, 11) is 0. The molecule has 1 aromatic heterocycles. The first-order chi connectivity index (χ1) is 8.11. The van der Waals surface area contributed by atoms with Crippen LogP contribution in [0.4, 0.5) is 0 Å². The fourth-order valence-corrected chi connectivity index (χ4v) is 1.66. The molecule has 1 unspecified atom stereocenters. The number of carboxylic acid groups (broad SMARTS) is 1. The van der Waals surface area contributed by atoms with E-state index in [0.717, 1.165) is 18.5 Å². The Hall–Kier alpha value is -1.91. The Kier molecular flexibility index (Phi) is 3.08. The summed E-state index contributed by atoms with van der Waals surface area (Å²) in [6.07, 6.45) is 1.08. The second-order valence-corrected chi connectivity index (χ2v) is 4.29. The zero-order chi connectivity index (χ0) is 12.4. The molecule has 5 nitrogen and oxygen atoms in total. The van der Waals surface area contributed by atoms with Crippen molar-refractivity contribution in [3.05, 3.63) is 23.8 Å². The van der Waals surface area contributed by atoms with Crippen molar-refractivity contribution >= 4 is 17.0 Å². The smallest absolute Gasteiger partial charge is 0.335 e. The van der Waals surface area contributed by atoms with Gasteiger partial charge < -0.3 is 5.11 Å². The molecule has 17 heavy (non-hydrogen) atoms.